The number of methoxy groups -OCH3 is 1. The van der Waals surface area contributed by atoms with Crippen LogP contribution in [-0.2, 0) is 14.3 Å². The maximum atomic E-state index is 13.3. The molecule has 0 saturated carbocycles. The Morgan fingerprint density at radius 2 is 1.90 bits per heavy atom. The highest BCUT2D eigenvalue weighted by atomic mass is 19.1. The number of benzene rings is 1. The number of ether oxygens (including phenoxy) is 3. The molecule has 1 aromatic carbocycles. The molecule has 1 aliphatic rings. The quantitative estimate of drug-likeness (QED) is 0.495. The summed E-state index contributed by atoms with van der Waals surface area (Å²) in [7, 11) is 1.60. The number of hydrogen-bond acceptors (Lipinski definition) is 7. The molecule has 0 unspecified atom stereocenters. The van der Waals surface area contributed by atoms with Crippen molar-refractivity contribution in [3.63, 3.8) is 0 Å². The highest BCUT2D eigenvalue weighted by Crippen LogP contribution is 2.27. The van der Waals surface area contributed by atoms with Crippen LogP contribution in [0.2, 0.25) is 0 Å². The fraction of sp³-hybridized carbons (Fsp3) is 0.476. The van der Waals surface area contributed by atoms with Crippen LogP contribution in [0.15, 0.2) is 30.3 Å². The number of piperidine rings is 1. The SMILES string of the molecule is CCOC(=O)C1CCN(c2nc(OCCOC)cc(-c3ccc(F)cc3)n2)CC1. The largest absolute Gasteiger partial charge is 0.475 e. The molecule has 1 fully saturated rings. The summed E-state index contributed by atoms with van der Waals surface area (Å²) in [4.78, 5) is 23.2. The average molecular weight is 403 g/mol. The van der Waals surface area contributed by atoms with Crippen LogP contribution < -0.4 is 9.64 Å². The fourth-order valence-corrected chi connectivity index (χ4v) is 3.20. The van der Waals surface area contributed by atoms with E-state index in [9.17, 15) is 9.18 Å². The minimum atomic E-state index is -0.305. The third-order valence-corrected chi connectivity index (χ3v) is 4.77. The molecular weight excluding hydrogens is 377 g/mol. The Balaban J connectivity index is 1.80. The summed E-state index contributed by atoms with van der Waals surface area (Å²) >= 11 is 0. The van der Waals surface area contributed by atoms with Crippen molar-refractivity contribution in [3.05, 3.63) is 36.1 Å². The van der Waals surface area contributed by atoms with E-state index in [1.165, 1.54) is 12.1 Å². The van der Waals surface area contributed by atoms with Crippen molar-refractivity contribution in [1.82, 2.24) is 9.97 Å². The summed E-state index contributed by atoms with van der Waals surface area (Å²) in [6.45, 7) is 4.30. The van der Waals surface area contributed by atoms with Crippen LogP contribution in [0, 0.1) is 11.7 Å². The van der Waals surface area contributed by atoms with Crippen LogP contribution >= 0.6 is 0 Å². The van der Waals surface area contributed by atoms with Crippen molar-refractivity contribution in [3.8, 4) is 17.1 Å². The van der Waals surface area contributed by atoms with Crippen molar-refractivity contribution < 1.29 is 23.4 Å². The van der Waals surface area contributed by atoms with E-state index in [-0.39, 0.29) is 17.7 Å². The van der Waals surface area contributed by atoms with E-state index in [1.807, 2.05) is 11.8 Å². The number of hydrogen-bond donors (Lipinski definition) is 0. The summed E-state index contributed by atoms with van der Waals surface area (Å²) in [5, 5.41) is 0. The maximum absolute atomic E-state index is 13.3. The minimum Gasteiger partial charge on any atom is -0.475 e. The number of anilines is 1. The molecule has 2 aromatic rings. The molecule has 3 rings (SSSR count). The zero-order chi connectivity index (χ0) is 20.6. The van der Waals surface area contributed by atoms with E-state index in [4.69, 9.17) is 14.2 Å². The molecule has 0 atom stereocenters. The van der Waals surface area contributed by atoms with Crippen molar-refractivity contribution >= 4 is 11.9 Å². The van der Waals surface area contributed by atoms with Gasteiger partial charge in [0.1, 0.15) is 12.4 Å². The van der Waals surface area contributed by atoms with Crippen LogP contribution in [-0.4, -0.2) is 56.0 Å². The van der Waals surface area contributed by atoms with E-state index < -0.39 is 0 Å². The van der Waals surface area contributed by atoms with Gasteiger partial charge in [0.15, 0.2) is 0 Å². The fourth-order valence-electron chi connectivity index (χ4n) is 3.20. The molecule has 0 spiro atoms. The van der Waals surface area contributed by atoms with Crippen LogP contribution in [0.25, 0.3) is 11.3 Å². The van der Waals surface area contributed by atoms with E-state index >= 15 is 0 Å². The molecule has 0 bridgehead atoms. The highest BCUT2D eigenvalue weighted by molar-refractivity contribution is 5.72. The van der Waals surface area contributed by atoms with E-state index in [1.54, 1.807) is 25.3 Å². The topological polar surface area (TPSA) is 73.8 Å². The highest BCUT2D eigenvalue weighted by Gasteiger charge is 2.27. The molecular formula is C21H26FN3O4. The lowest BCUT2D eigenvalue weighted by Gasteiger charge is -2.31. The molecule has 0 amide bonds. The van der Waals surface area contributed by atoms with Crippen LogP contribution in [0.5, 0.6) is 5.88 Å². The first kappa shape index (κ1) is 21.0. The molecule has 2 heterocycles. The number of rotatable bonds is 8. The maximum Gasteiger partial charge on any atom is 0.309 e. The predicted octanol–water partition coefficient (Wildman–Crippen LogP) is 3.09. The van der Waals surface area contributed by atoms with Crippen LogP contribution in [0.4, 0.5) is 10.3 Å². The van der Waals surface area contributed by atoms with Crippen molar-refractivity contribution in [1.29, 1.82) is 0 Å². The third-order valence-electron chi connectivity index (χ3n) is 4.77. The molecule has 7 nitrogen and oxygen atoms in total. The molecule has 0 N–H and O–H groups in total. The monoisotopic (exact) mass is 403 g/mol. The van der Waals surface area contributed by atoms with Gasteiger partial charge >= 0.3 is 5.97 Å². The standard InChI is InChI=1S/C21H26FN3O4/c1-3-28-20(26)16-8-10-25(11-9-16)21-23-18(15-4-6-17(22)7-5-15)14-19(24-21)29-13-12-27-2/h4-7,14,16H,3,8-13H2,1-2H3. The lowest BCUT2D eigenvalue weighted by molar-refractivity contribution is -0.148. The summed E-state index contributed by atoms with van der Waals surface area (Å²) in [6, 6.07) is 7.87. The number of nitrogens with zero attached hydrogens (tertiary/aromatic N) is 3. The molecule has 1 aliphatic heterocycles. The van der Waals surface area contributed by atoms with E-state index in [2.05, 4.69) is 9.97 Å². The van der Waals surface area contributed by atoms with Gasteiger partial charge in [-0.1, -0.05) is 0 Å². The van der Waals surface area contributed by atoms with Gasteiger partial charge in [-0.15, -0.1) is 0 Å². The Hall–Kier alpha value is -2.74. The average Bonchev–Trinajstić information content (AvgIpc) is 2.74. The van der Waals surface area contributed by atoms with Crippen molar-refractivity contribution in [2.45, 2.75) is 19.8 Å². The van der Waals surface area contributed by atoms with Gasteiger partial charge in [0, 0.05) is 31.8 Å². The lowest BCUT2D eigenvalue weighted by atomic mass is 9.97. The second-order valence-corrected chi connectivity index (χ2v) is 6.75. The van der Waals surface area contributed by atoms with Crippen molar-refractivity contribution in [2.24, 2.45) is 5.92 Å². The molecule has 1 saturated heterocycles. The summed E-state index contributed by atoms with van der Waals surface area (Å²) < 4.78 is 29.2. The molecule has 156 valence electrons. The summed E-state index contributed by atoms with van der Waals surface area (Å²) in [6.07, 6.45) is 1.37. The Morgan fingerprint density at radius 3 is 2.55 bits per heavy atom. The molecule has 0 aliphatic carbocycles. The number of carbonyl (C=O) groups excluding carboxylic acids is 1. The number of aromatic nitrogens is 2. The van der Waals surface area contributed by atoms with Gasteiger partial charge in [-0.3, -0.25) is 4.79 Å². The van der Waals surface area contributed by atoms with Crippen molar-refractivity contribution in [2.75, 3.05) is 44.9 Å². The van der Waals surface area contributed by atoms with Gasteiger partial charge < -0.3 is 19.1 Å². The van der Waals surface area contributed by atoms with Crippen LogP contribution in [0.1, 0.15) is 19.8 Å². The van der Waals surface area contributed by atoms with Gasteiger partial charge in [-0.05, 0) is 44.0 Å². The zero-order valence-corrected chi connectivity index (χ0v) is 16.8. The Kier molecular flexibility index (Phi) is 7.35. The Morgan fingerprint density at radius 1 is 1.17 bits per heavy atom. The van der Waals surface area contributed by atoms with Gasteiger partial charge in [0.05, 0.1) is 24.8 Å². The molecule has 1 aromatic heterocycles. The van der Waals surface area contributed by atoms with Gasteiger partial charge in [-0.2, -0.15) is 4.98 Å². The third kappa shape index (κ3) is 5.63. The lowest BCUT2D eigenvalue weighted by Crippen LogP contribution is -2.38. The first-order valence-electron chi connectivity index (χ1n) is 9.79. The number of halogens is 1. The molecule has 29 heavy (non-hydrogen) atoms. The number of esters is 1. The van der Waals surface area contributed by atoms with Crippen LogP contribution in [0.3, 0.4) is 0 Å². The second kappa shape index (κ2) is 10.2. The number of carbonyl (C=O) groups is 1. The normalized spacial score (nSPS) is 14.7. The Labute approximate surface area is 169 Å². The summed E-state index contributed by atoms with van der Waals surface area (Å²) in [5.74, 6) is 0.418. The minimum absolute atomic E-state index is 0.0936. The second-order valence-electron chi connectivity index (χ2n) is 6.75. The molecule has 8 heteroatoms. The van der Waals surface area contributed by atoms with Gasteiger partial charge in [-0.25, -0.2) is 9.37 Å². The smallest absolute Gasteiger partial charge is 0.309 e. The van der Waals surface area contributed by atoms with E-state index in [0.717, 1.165) is 5.56 Å². The Bertz CT molecular complexity index is 808. The zero-order valence-electron chi connectivity index (χ0n) is 16.8. The first-order chi connectivity index (χ1) is 14.1. The van der Waals surface area contributed by atoms with Gasteiger partial charge in [0.25, 0.3) is 0 Å². The molecule has 0 radical (unpaired) electrons. The van der Waals surface area contributed by atoms with Gasteiger partial charge in [0.2, 0.25) is 11.8 Å². The first-order valence-corrected chi connectivity index (χ1v) is 9.79. The predicted molar refractivity (Wildman–Crippen MR) is 106 cm³/mol. The summed E-state index contributed by atoms with van der Waals surface area (Å²) in [5.41, 5.74) is 1.42. The van der Waals surface area contributed by atoms with E-state index in [0.29, 0.717) is 63.3 Å².